The van der Waals surface area contributed by atoms with Crippen LogP contribution in [0.3, 0.4) is 0 Å². The van der Waals surface area contributed by atoms with Crippen LogP contribution in [0.1, 0.15) is 25.8 Å². The monoisotopic (exact) mass is 400 g/mol. The second-order valence-electron chi connectivity index (χ2n) is 5.85. The first-order valence-corrected chi connectivity index (χ1v) is 8.87. The van der Waals surface area contributed by atoms with Crippen LogP contribution >= 0.6 is 15.9 Å². The molecule has 0 aliphatic rings. The highest BCUT2D eigenvalue weighted by Crippen LogP contribution is 2.21. The van der Waals surface area contributed by atoms with Crippen LogP contribution in [0.25, 0.3) is 0 Å². The van der Waals surface area contributed by atoms with Crippen LogP contribution in [-0.2, 0) is 16.1 Å². The molecule has 0 bridgehead atoms. The second-order valence-corrected chi connectivity index (χ2v) is 6.76. The Morgan fingerprint density at radius 1 is 1.38 bits per heavy atom. The molecule has 24 heavy (non-hydrogen) atoms. The first kappa shape index (κ1) is 20.4. The van der Waals surface area contributed by atoms with Crippen molar-refractivity contribution in [2.24, 2.45) is 0 Å². The minimum absolute atomic E-state index is 0.152. The molecule has 0 aromatic heterocycles. The van der Waals surface area contributed by atoms with Gasteiger partial charge < -0.3 is 20.3 Å². The number of likely N-dealkylation sites (N-methyl/N-ethyl adjacent to an activating group) is 1. The van der Waals surface area contributed by atoms with Crippen molar-refractivity contribution in [1.82, 2.24) is 10.6 Å². The number of hydrogen-bond acceptors (Lipinski definition) is 3. The molecule has 0 fully saturated rings. The number of amides is 2. The SMILES string of the molecule is CCCNC(=O)[C@@H](C)NC(=O)C[NH+](C)Cc1cc(Br)ccc1OC. The van der Waals surface area contributed by atoms with E-state index in [0.717, 1.165) is 27.1 Å². The number of benzene rings is 1. The molecule has 6 nitrogen and oxygen atoms in total. The van der Waals surface area contributed by atoms with Crippen molar-refractivity contribution in [3.05, 3.63) is 28.2 Å². The molecule has 2 atom stereocenters. The first-order valence-electron chi connectivity index (χ1n) is 8.08. The van der Waals surface area contributed by atoms with Gasteiger partial charge in [0.05, 0.1) is 14.2 Å². The quantitative estimate of drug-likeness (QED) is 0.565. The Labute approximate surface area is 152 Å². The Bertz CT molecular complexity index is 566. The number of hydrogen-bond donors (Lipinski definition) is 3. The Morgan fingerprint density at radius 2 is 2.08 bits per heavy atom. The van der Waals surface area contributed by atoms with Crippen LogP contribution in [0.4, 0.5) is 0 Å². The summed E-state index contributed by atoms with van der Waals surface area (Å²) >= 11 is 3.45. The summed E-state index contributed by atoms with van der Waals surface area (Å²) in [5.41, 5.74) is 1.02. The fraction of sp³-hybridized carbons (Fsp3) is 0.529. The van der Waals surface area contributed by atoms with E-state index in [2.05, 4.69) is 26.6 Å². The molecule has 2 amide bonds. The molecule has 1 aromatic rings. The highest BCUT2D eigenvalue weighted by molar-refractivity contribution is 9.10. The summed E-state index contributed by atoms with van der Waals surface area (Å²) in [5.74, 6) is 0.488. The number of carbonyl (C=O) groups is 2. The molecule has 1 aromatic carbocycles. The normalized spacial score (nSPS) is 13.0. The number of carbonyl (C=O) groups excluding carboxylic acids is 2. The Balaban J connectivity index is 2.52. The van der Waals surface area contributed by atoms with Crippen LogP contribution in [0.5, 0.6) is 5.75 Å². The van der Waals surface area contributed by atoms with Crippen molar-refractivity contribution in [2.75, 3.05) is 27.2 Å². The molecule has 0 radical (unpaired) electrons. The lowest BCUT2D eigenvalue weighted by Crippen LogP contribution is -3.09. The zero-order valence-electron chi connectivity index (χ0n) is 14.7. The van der Waals surface area contributed by atoms with E-state index < -0.39 is 6.04 Å². The first-order chi connectivity index (χ1) is 11.4. The molecule has 1 rings (SSSR count). The summed E-state index contributed by atoms with van der Waals surface area (Å²) in [7, 11) is 3.56. The summed E-state index contributed by atoms with van der Waals surface area (Å²) in [6, 6.07) is 5.27. The van der Waals surface area contributed by atoms with E-state index in [9.17, 15) is 9.59 Å². The fourth-order valence-electron chi connectivity index (χ4n) is 2.31. The van der Waals surface area contributed by atoms with Gasteiger partial charge in [0, 0.05) is 16.6 Å². The summed E-state index contributed by atoms with van der Waals surface area (Å²) < 4.78 is 6.32. The minimum Gasteiger partial charge on any atom is -0.496 e. The van der Waals surface area contributed by atoms with Gasteiger partial charge in [-0.25, -0.2) is 0 Å². The number of rotatable bonds is 9. The van der Waals surface area contributed by atoms with Crippen molar-refractivity contribution in [2.45, 2.75) is 32.9 Å². The zero-order chi connectivity index (χ0) is 18.1. The lowest BCUT2D eigenvalue weighted by atomic mass is 10.2. The average molecular weight is 401 g/mol. The largest absolute Gasteiger partial charge is 0.496 e. The lowest BCUT2D eigenvalue weighted by Gasteiger charge is -2.18. The van der Waals surface area contributed by atoms with Crippen LogP contribution in [0.2, 0.25) is 0 Å². The minimum atomic E-state index is -0.530. The number of ether oxygens (including phenoxy) is 1. The highest BCUT2D eigenvalue weighted by atomic mass is 79.9. The fourth-order valence-corrected chi connectivity index (χ4v) is 2.71. The second kappa shape index (κ2) is 10.3. The number of methoxy groups -OCH3 is 1. The van der Waals surface area contributed by atoms with E-state index in [1.54, 1.807) is 14.0 Å². The van der Waals surface area contributed by atoms with Crippen LogP contribution < -0.4 is 20.3 Å². The van der Waals surface area contributed by atoms with Gasteiger partial charge in [-0.3, -0.25) is 9.59 Å². The molecule has 3 N–H and O–H groups in total. The molecular weight excluding hydrogens is 374 g/mol. The molecule has 0 spiro atoms. The molecule has 0 aliphatic heterocycles. The van der Waals surface area contributed by atoms with Crippen molar-refractivity contribution < 1.29 is 19.2 Å². The molecule has 0 aliphatic carbocycles. The van der Waals surface area contributed by atoms with E-state index in [0.29, 0.717) is 13.1 Å². The summed E-state index contributed by atoms with van der Waals surface area (Å²) in [6.07, 6.45) is 0.869. The number of nitrogens with one attached hydrogen (secondary N) is 3. The van der Waals surface area contributed by atoms with Gasteiger partial charge in [-0.05, 0) is 31.5 Å². The topological polar surface area (TPSA) is 71.9 Å². The molecule has 134 valence electrons. The number of quaternary nitrogens is 1. The van der Waals surface area contributed by atoms with Crippen molar-refractivity contribution >= 4 is 27.7 Å². The van der Waals surface area contributed by atoms with Crippen molar-refractivity contribution in [3.8, 4) is 5.75 Å². The maximum absolute atomic E-state index is 12.1. The van der Waals surface area contributed by atoms with E-state index in [4.69, 9.17) is 4.74 Å². The average Bonchev–Trinajstić information content (AvgIpc) is 2.52. The third-order valence-electron chi connectivity index (χ3n) is 3.52. The van der Waals surface area contributed by atoms with E-state index in [-0.39, 0.29) is 18.4 Å². The van der Waals surface area contributed by atoms with Gasteiger partial charge in [0.1, 0.15) is 18.3 Å². The Hall–Kier alpha value is -1.60. The molecule has 0 saturated carbocycles. The van der Waals surface area contributed by atoms with Crippen LogP contribution in [0, 0.1) is 0 Å². The van der Waals surface area contributed by atoms with Gasteiger partial charge >= 0.3 is 0 Å². The summed E-state index contributed by atoms with van der Waals surface area (Å²) in [4.78, 5) is 24.9. The van der Waals surface area contributed by atoms with E-state index >= 15 is 0 Å². The van der Waals surface area contributed by atoms with Gasteiger partial charge in [-0.2, -0.15) is 0 Å². The third kappa shape index (κ3) is 6.88. The van der Waals surface area contributed by atoms with Gasteiger partial charge in [0.2, 0.25) is 5.91 Å². The number of halogens is 1. The molecule has 1 unspecified atom stereocenters. The predicted octanol–water partition coefficient (Wildman–Crippen LogP) is 0.503. The van der Waals surface area contributed by atoms with E-state index in [1.807, 2.05) is 32.2 Å². The standard InChI is InChI=1S/C17H26BrN3O3/c1-5-8-19-17(23)12(2)20-16(22)11-21(3)10-13-9-14(18)6-7-15(13)24-4/h6-7,9,12H,5,8,10-11H2,1-4H3,(H,19,23)(H,20,22)/p+1/t12-/m1/s1. The zero-order valence-corrected chi connectivity index (χ0v) is 16.3. The molecule has 7 heteroatoms. The van der Waals surface area contributed by atoms with Crippen molar-refractivity contribution in [3.63, 3.8) is 0 Å². The van der Waals surface area contributed by atoms with Crippen LogP contribution in [-0.4, -0.2) is 45.1 Å². The van der Waals surface area contributed by atoms with Gasteiger partial charge in [0.25, 0.3) is 5.91 Å². The van der Waals surface area contributed by atoms with E-state index in [1.165, 1.54) is 0 Å². The summed E-state index contributed by atoms with van der Waals surface area (Å²) in [5, 5.41) is 5.50. The molecule has 0 heterocycles. The smallest absolute Gasteiger partial charge is 0.275 e. The molecular formula is C17H27BrN3O3+. The Kier molecular flexibility index (Phi) is 8.78. The van der Waals surface area contributed by atoms with Crippen molar-refractivity contribution in [1.29, 1.82) is 0 Å². The Morgan fingerprint density at radius 3 is 2.71 bits per heavy atom. The third-order valence-corrected chi connectivity index (χ3v) is 4.01. The maximum atomic E-state index is 12.1. The van der Waals surface area contributed by atoms with Gasteiger partial charge in [-0.15, -0.1) is 0 Å². The lowest BCUT2D eigenvalue weighted by molar-refractivity contribution is -0.885. The summed E-state index contributed by atoms with van der Waals surface area (Å²) in [6.45, 7) is 5.22. The predicted molar refractivity (Wildman–Crippen MR) is 97.1 cm³/mol. The van der Waals surface area contributed by atoms with Crippen LogP contribution in [0.15, 0.2) is 22.7 Å². The van der Waals surface area contributed by atoms with Gasteiger partial charge in [-0.1, -0.05) is 22.9 Å². The molecule has 0 saturated heterocycles. The maximum Gasteiger partial charge on any atom is 0.275 e. The van der Waals surface area contributed by atoms with Gasteiger partial charge in [0.15, 0.2) is 6.54 Å². The highest BCUT2D eigenvalue weighted by Gasteiger charge is 2.18.